The Morgan fingerprint density at radius 1 is 0.568 bits per heavy atom. The van der Waals surface area contributed by atoms with Crippen LogP contribution in [0.2, 0.25) is 0 Å². The van der Waals surface area contributed by atoms with Crippen LogP contribution in [0.5, 0.6) is 0 Å². The first kappa shape index (κ1) is 26.4. The summed E-state index contributed by atoms with van der Waals surface area (Å²) in [6, 6.07) is 42.4. The number of benzene rings is 4. The lowest BCUT2D eigenvalue weighted by Crippen LogP contribution is -2.50. The molecule has 1 amide bonds. The number of carbonyl (C=O) groups excluding carboxylic acids is 1. The zero-order chi connectivity index (χ0) is 25.9. The quantitative estimate of drug-likeness (QED) is 0.274. The van der Waals surface area contributed by atoms with Crippen LogP contribution in [0.4, 0.5) is 0 Å². The van der Waals surface area contributed by atoms with Gasteiger partial charge < -0.3 is 4.90 Å². The van der Waals surface area contributed by atoms with Gasteiger partial charge in [0, 0.05) is 38.5 Å². The summed E-state index contributed by atoms with van der Waals surface area (Å²) in [6.45, 7) is 7.24. The molecule has 0 unspecified atom stereocenters. The van der Waals surface area contributed by atoms with E-state index in [-0.39, 0.29) is 17.9 Å². The second kappa shape index (κ2) is 13.6. The van der Waals surface area contributed by atoms with E-state index in [1.807, 2.05) is 26.0 Å². The van der Waals surface area contributed by atoms with Gasteiger partial charge in [0.05, 0.1) is 6.04 Å². The van der Waals surface area contributed by atoms with Crippen molar-refractivity contribution in [3.05, 3.63) is 144 Å². The van der Waals surface area contributed by atoms with E-state index in [1.165, 1.54) is 22.3 Å². The molecular formula is C34H38N2O. The molecule has 1 saturated heterocycles. The zero-order valence-corrected chi connectivity index (χ0v) is 22.0. The lowest BCUT2D eigenvalue weighted by molar-refractivity contribution is -0.133. The van der Waals surface area contributed by atoms with Crippen LogP contribution >= 0.6 is 0 Å². The fourth-order valence-electron chi connectivity index (χ4n) is 5.22. The van der Waals surface area contributed by atoms with Gasteiger partial charge in [-0.3, -0.25) is 9.69 Å². The van der Waals surface area contributed by atoms with Gasteiger partial charge in [0.15, 0.2) is 0 Å². The lowest BCUT2D eigenvalue weighted by Gasteiger charge is -2.40. The molecule has 0 aromatic heterocycles. The van der Waals surface area contributed by atoms with Crippen molar-refractivity contribution in [1.82, 2.24) is 9.80 Å². The molecule has 4 aromatic rings. The molecule has 37 heavy (non-hydrogen) atoms. The first-order valence-corrected chi connectivity index (χ1v) is 13.5. The van der Waals surface area contributed by atoms with E-state index in [4.69, 9.17) is 0 Å². The predicted molar refractivity (Wildman–Crippen MR) is 154 cm³/mol. The molecule has 0 atom stereocenters. The minimum Gasteiger partial charge on any atom is -0.340 e. The van der Waals surface area contributed by atoms with E-state index in [2.05, 4.69) is 119 Å². The number of hydrogen-bond acceptors (Lipinski definition) is 2. The van der Waals surface area contributed by atoms with Gasteiger partial charge in [0.25, 0.3) is 0 Å². The molecule has 0 radical (unpaired) electrons. The average molecular weight is 491 g/mol. The van der Waals surface area contributed by atoms with Gasteiger partial charge in [-0.2, -0.15) is 0 Å². The first-order chi connectivity index (χ1) is 18.3. The Morgan fingerprint density at radius 2 is 0.919 bits per heavy atom. The van der Waals surface area contributed by atoms with Gasteiger partial charge in [-0.1, -0.05) is 135 Å². The van der Waals surface area contributed by atoms with Gasteiger partial charge in [0.2, 0.25) is 5.91 Å². The number of nitrogens with zero attached hydrogens (tertiary/aromatic N) is 2. The minimum absolute atomic E-state index is 0.0734. The topological polar surface area (TPSA) is 23.6 Å². The van der Waals surface area contributed by atoms with Crippen LogP contribution in [-0.2, 0) is 4.79 Å². The van der Waals surface area contributed by atoms with Crippen LogP contribution in [0, 0.1) is 0 Å². The second-order valence-electron chi connectivity index (χ2n) is 9.22. The minimum atomic E-state index is 0.0734. The zero-order valence-electron chi connectivity index (χ0n) is 22.0. The maximum absolute atomic E-state index is 13.5. The average Bonchev–Trinajstić information content (AvgIpc) is 2.99. The Bertz CT molecular complexity index is 1110. The van der Waals surface area contributed by atoms with Gasteiger partial charge in [-0.25, -0.2) is 0 Å². The van der Waals surface area contributed by atoms with E-state index in [9.17, 15) is 4.79 Å². The van der Waals surface area contributed by atoms with Crippen molar-refractivity contribution in [2.24, 2.45) is 0 Å². The molecule has 3 nitrogen and oxygen atoms in total. The molecule has 1 heterocycles. The standard InChI is InChI=1S/C32H32N2O.C2H6/c35-31(25-30(26-13-5-1-6-14-26)27-15-7-2-8-16-27)33-21-23-34(24-22-33)32(28-17-9-3-10-18-28)29-19-11-4-12-20-29;1-2/h1-20,30,32H,21-25H2;1-2H3. The van der Waals surface area contributed by atoms with Crippen molar-refractivity contribution < 1.29 is 4.79 Å². The van der Waals surface area contributed by atoms with Crippen LogP contribution < -0.4 is 0 Å². The summed E-state index contributed by atoms with van der Waals surface area (Å²) in [7, 11) is 0. The van der Waals surface area contributed by atoms with E-state index < -0.39 is 0 Å². The largest absolute Gasteiger partial charge is 0.340 e. The van der Waals surface area contributed by atoms with Crippen molar-refractivity contribution >= 4 is 5.91 Å². The highest BCUT2D eigenvalue weighted by Gasteiger charge is 2.29. The van der Waals surface area contributed by atoms with Gasteiger partial charge >= 0.3 is 0 Å². The number of amides is 1. The van der Waals surface area contributed by atoms with Gasteiger partial charge in [-0.15, -0.1) is 0 Å². The third kappa shape index (κ3) is 6.75. The highest BCUT2D eigenvalue weighted by molar-refractivity contribution is 5.78. The highest BCUT2D eigenvalue weighted by atomic mass is 16.2. The van der Waals surface area contributed by atoms with E-state index in [0.717, 1.165) is 26.2 Å². The van der Waals surface area contributed by atoms with Gasteiger partial charge in [-0.05, 0) is 22.3 Å². The fourth-order valence-corrected chi connectivity index (χ4v) is 5.22. The molecular weight excluding hydrogens is 452 g/mol. The Kier molecular flexibility index (Phi) is 9.67. The van der Waals surface area contributed by atoms with E-state index >= 15 is 0 Å². The van der Waals surface area contributed by atoms with Crippen LogP contribution in [0.25, 0.3) is 0 Å². The van der Waals surface area contributed by atoms with Crippen molar-refractivity contribution in [3.8, 4) is 0 Å². The summed E-state index contributed by atoms with van der Waals surface area (Å²) in [5, 5.41) is 0. The second-order valence-corrected chi connectivity index (χ2v) is 9.22. The normalized spacial score (nSPS) is 13.8. The van der Waals surface area contributed by atoms with Crippen LogP contribution in [0.3, 0.4) is 0 Å². The Hall–Kier alpha value is -3.69. The molecule has 0 spiro atoms. The van der Waals surface area contributed by atoms with Gasteiger partial charge in [0.1, 0.15) is 0 Å². The van der Waals surface area contributed by atoms with Crippen LogP contribution in [0.15, 0.2) is 121 Å². The predicted octanol–water partition coefficient (Wildman–Crippen LogP) is 7.17. The molecule has 0 bridgehead atoms. The van der Waals surface area contributed by atoms with E-state index in [1.54, 1.807) is 0 Å². The maximum atomic E-state index is 13.5. The smallest absolute Gasteiger partial charge is 0.223 e. The van der Waals surface area contributed by atoms with Crippen molar-refractivity contribution in [2.75, 3.05) is 26.2 Å². The SMILES string of the molecule is CC.O=C(CC(c1ccccc1)c1ccccc1)N1CCN(C(c2ccccc2)c2ccccc2)CC1. The summed E-state index contributed by atoms with van der Waals surface area (Å²) in [6.07, 6.45) is 0.495. The number of piperazine rings is 1. The molecule has 1 aliphatic rings. The van der Waals surface area contributed by atoms with Crippen molar-refractivity contribution in [3.63, 3.8) is 0 Å². The molecule has 5 rings (SSSR count). The maximum Gasteiger partial charge on any atom is 0.223 e. The number of rotatable bonds is 7. The Morgan fingerprint density at radius 3 is 1.30 bits per heavy atom. The highest BCUT2D eigenvalue weighted by Crippen LogP contribution is 2.31. The molecule has 0 saturated carbocycles. The first-order valence-electron chi connectivity index (χ1n) is 13.5. The third-order valence-electron chi connectivity index (χ3n) is 7.05. The monoisotopic (exact) mass is 490 g/mol. The molecule has 1 fully saturated rings. The molecule has 190 valence electrons. The summed E-state index contributed by atoms with van der Waals surface area (Å²) < 4.78 is 0. The molecule has 4 aromatic carbocycles. The van der Waals surface area contributed by atoms with Crippen LogP contribution in [-0.4, -0.2) is 41.9 Å². The molecule has 0 N–H and O–H groups in total. The van der Waals surface area contributed by atoms with Crippen LogP contribution in [0.1, 0.15) is 54.5 Å². The molecule has 1 aliphatic heterocycles. The fraction of sp³-hybridized carbons (Fsp3) is 0.265. The lowest BCUT2D eigenvalue weighted by atomic mass is 9.88. The molecule has 0 aliphatic carbocycles. The molecule has 3 heteroatoms. The Balaban J connectivity index is 0.00000156. The Labute approximate surface area is 222 Å². The van der Waals surface area contributed by atoms with Crippen molar-refractivity contribution in [2.45, 2.75) is 32.2 Å². The summed E-state index contributed by atoms with van der Waals surface area (Å²) >= 11 is 0. The number of hydrogen-bond donors (Lipinski definition) is 0. The summed E-state index contributed by atoms with van der Waals surface area (Å²) in [4.78, 5) is 18.1. The third-order valence-corrected chi connectivity index (χ3v) is 7.05. The van der Waals surface area contributed by atoms with Crippen molar-refractivity contribution in [1.29, 1.82) is 0 Å². The van der Waals surface area contributed by atoms with E-state index in [0.29, 0.717) is 6.42 Å². The summed E-state index contributed by atoms with van der Waals surface area (Å²) in [5.41, 5.74) is 4.98. The summed E-state index contributed by atoms with van der Waals surface area (Å²) in [5.74, 6) is 0.308. The number of carbonyl (C=O) groups is 1.